The molecule has 3 nitrogen and oxygen atoms in total. The molecular formula is C15H20N2O. The molecule has 0 spiro atoms. The Balaban J connectivity index is 2.08. The van der Waals surface area contributed by atoms with E-state index in [2.05, 4.69) is 29.4 Å². The van der Waals surface area contributed by atoms with Gasteiger partial charge < -0.3 is 5.84 Å². The van der Waals surface area contributed by atoms with Crippen molar-refractivity contribution in [2.75, 3.05) is 0 Å². The molecule has 0 saturated carbocycles. The summed E-state index contributed by atoms with van der Waals surface area (Å²) in [7, 11) is 0. The minimum atomic E-state index is 0.118. The van der Waals surface area contributed by atoms with Gasteiger partial charge in [0.05, 0.1) is 0 Å². The maximum Gasteiger partial charge on any atom is 0.178 e. The third kappa shape index (κ3) is 3.42. The number of aryl methyl sites for hydroxylation is 2. The van der Waals surface area contributed by atoms with Crippen molar-refractivity contribution in [2.24, 2.45) is 10.9 Å². The van der Waals surface area contributed by atoms with Crippen LogP contribution in [-0.2, 0) is 17.6 Å². The van der Waals surface area contributed by atoms with E-state index < -0.39 is 0 Å². The molecule has 0 unspecified atom stereocenters. The van der Waals surface area contributed by atoms with Crippen molar-refractivity contribution in [1.82, 2.24) is 0 Å². The molecule has 2 N–H and O–H groups in total. The van der Waals surface area contributed by atoms with E-state index in [4.69, 9.17) is 5.84 Å². The molecule has 0 radical (unpaired) electrons. The summed E-state index contributed by atoms with van der Waals surface area (Å²) in [6.45, 7) is 0. The van der Waals surface area contributed by atoms with E-state index in [-0.39, 0.29) is 5.78 Å². The lowest BCUT2D eigenvalue weighted by atomic mass is 10.0. The molecule has 3 heteroatoms. The van der Waals surface area contributed by atoms with Gasteiger partial charge in [0.1, 0.15) is 5.71 Å². The molecule has 0 aliphatic heterocycles. The summed E-state index contributed by atoms with van der Waals surface area (Å²) >= 11 is 0. The maximum atomic E-state index is 11.9. The monoisotopic (exact) mass is 244 g/mol. The van der Waals surface area contributed by atoms with E-state index in [0.29, 0.717) is 18.6 Å². The zero-order valence-electron chi connectivity index (χ0n) is 10.7. The Labute approximate surface area is 108 Å². The second-order valence-electron chi connectivity index (χ2n) is 4.88. The first-order valence-electron chi connectivity index (χ1n) is 6.67. The van der Waals surface area contributed by atoms with Crippen LogP contribution in [0.3, 0.4) is 0 Å². The number of fused-ring (bicyclic) bond motifs is 10. The van der Waals surface area contributed by atoms with Gasteiger partial charge in [0, 0.05) is 6.42 Å². The number of carbonyl (C=O) groups is 1. The van der Waals surface area contributed by atoms with Gasteiger partial charge in [-0.05, 0) is 49.7 Å². The van der Waals surface area contributed by atoms with E-state index in [1.165, 1.54) is 11.1 Å². The summed E-state index contributed by atoms with van der Waals surface area (Å²) in [5.74, 6) is 5.42. The zero-order chi connectivity index (χ0) is 12.8. The first-order valence-corrected chi connectivity index (χ1v) is 6.67. The molecule has 1 aromatic carbocycles. The Morgan fingerprint density at radius 1 is 0.833 bits per heavy atom. The van der Waals surface area contributed by atoms with E-state index in [1.54, 1.807) is 0 Å². The lowest BCUT2D eigenvalue weighted by molar-refractivity contribution is -0.113. The number of ketones is 1. The van der Waals surface area contributed by atoms with E-state index >= 15 is 0 Å². The molecule has 2 aliphatic rings. The SMILES string of the molecule is N/N=C1/CCCCc2ccc(cc2)CCCC1=O. The predicted octanol–water partition coefficient (Wildman–Crippen LogP) is 2.62. The van der Waals surface area contributed by atoms with E-state index in [1.807, 2.05) is 0 Å². The summed E-state index contributed by atoms with van der Waals surface area (Å²) in [4.78, 5) is 11.9. The number of rotatable bonds is 0. The molecule has 0 atom stereocenters. The van der Waals surface area contributed by atoms with Crippen molar-refractivity contribution in [3.8, 4) is 0 Å². The maximum absolute atomic E-state index is 11.9. The lowest BCUT2D eigenvalue weighted by Gasteiger charge is -2.03. The minimum absolute atomic E-state index is 0.118. The van der Waals surface area contributed by atoms with Crippen LogP contribution in [0.5, 0.6) is 0 Å². The van der Waals surface area contributed by atoms with Crippen LogP contribution >= 0.6 is 0 Å². The second kappa shape index (κ2) is 6.34. The summed E-state index contributed by atoms with van der Waals surface area (Å²) in [5, 5.41) is 3.66. The third-order valence-electron chi connectivity index (χ3n) is 3.50. The molecule has 0 aromatic heterocycles. The van der Waals surface area contributed by atoms with Crippen molar-refractivity contribution in [3.63, 3.8) is 0 Å². The fourth-order valence-electron chi connectivity index (χ4n) is 2.37. The van der Waals surface area contributed by atoms with Crippen LogP contribution in [0.15, 0.2) is 29.4 Å². The molecule has 96 valence electrons. The summed E-state index contributed by atoms with van der Waals surface area (Å²) < 4.78 is 0. The van der Waals surface area contributed by atoms with Crippen LogP contribution < -0.4 is 5.84 Å². The molecule has 0 fully saturated rings. The largest absolute Gasteiger partial charge is 0.323 e. The fraction of sp³-hybridized carbons (Fsp3) is 0.467. The van der Waals surface area contributed by atoms with Crippen molar-refractivity contribution in [3.05, 3.63) is 35.4 Å². The Bertz CT molecular complexity index is 434. The van der Waals surface area contributed by atoms with Crippen molar-refractivity contribution in [2.45, 2.75) is 44.9 Å². The standard InChI is InChI=1S/C15H20N2O/c16-17-14-6-2-1-4-12-8-10-13(11-9-12)5-3-7-15(14)18/h8-11H,1-7,16H2/b17-14-. The first-order chi connectivity index (χ1) is 8.79. The van der Waals surface area contributed by atoms with E-state index in [0.717, 1.165) is 32.1 Å². The number of nitrogens with zero attached hydrogens (tertiary/aromatic N) is 1. The highest BCUT2D eigenvalue weighted by molar-refractivity contribution is 6.39. The fourth-order valence-corrected chi connectivity index (χ4v) is 2.37. The Kier molecular flexibility index (Phi) is 4.51. The van der Waals surface area contributed by atoms with Crippen molar-refractivity contribution < 1.29 is 4.79 Å². The molecule has 18 heavy (non-hydrogen) atoms. The van der Waals surface area contributed by atoms with Crippen molar-refractivity contribution in [1.29, 1.82) is 0 Å². The molecule has 0 amide bonds. The van der Waals surface area contributed by atoms with Crippen LogP contribution in [-0.4, -0.2) is 11.5 Å². The Hall–Kier alpha value is -1.64. The van der Waals surface area contributed by atoms with Crippen LogP contribution in [0.2, 0.25) is 0 Å². The zero-order valence-corrected chi connectivity index (χ0v) is 10.7. The molecule has 3 rings (SSSR count). The van der Waals surface area contributed by atoms with Gasteiger partial charge in [-0.3, -0.25) is 4.79 Å². The van der Waals surface area contributed by atoms with Gasteiger partial charge in [-0.2, -0.15) is 5.10 Å². The van der Waals surface area contributed by atoms with Crippen LogP contribution in [0.1, 0.15) is 43.2 Å². The molecular weight excluding hydrogens is 224 g/mol. The van der Waals surface area contributed by atoms with Gasteiger partial charge in [-0.15, -0.1) is 0 Å². The van der Waals surface area contributed by atoms with Gasteiger partial charge in [0.25, 0.3) is 0 Å². The van der Waals surface area contributed by atoms with Crippen molar-refractivity contribution >= 4 is 11.5 Å². The normalized spacial score (nSPS) is 20.2. The van der Waals surface area contributed by atoms with Gasteiger partial charge >= 0.3 is 0 Å². The Morgan fingerprint density at radius 2 is 1.39 bits per heavy atom. The number of hydrogen-bond acceptors (Lipinski definition) is 3. The average molecular weight is 244 g/mol. The number of hydrazone groups is 1. The van der Waals surface area contributed by atoms with Gasteiger partial charge in [0.2, 0.25) is 0 Å². The van der Waals surface area contributed by atoms with Gasteiger partial charge in [-0.25, -0.2) is 0 Å². The summed E-state index contributed by atoms with van der Waals surface area (Å²) in [6, 6.07) is 8.76. The summed E-state index contributed by atoms with van der Waals surface area (Å²) in [6.07, 6.45) is 6.20. The predicted molar refractivity (Wildman–Crippen MR) is 73.6 cm³/mol. The summed E-state index contributed by atoms with van der Waals surface area (Å²) in [5.41, 5.74) is 3.24. The highest BCUT2D eigenvalue weighted by Gasteiger charge is 2.11. The number of carbonyl (C=O) groups excluding carboxylic acids is 1. The lowest BCUT2D eigenvalue weighted by Crippen LogP contribution is -2.16. The third-order valence-corrected chi connectivity index (χ3v) is 3.50. The number of nitrogens with two attached hydrogens (primary N) is 1. The smallest absolute Gasteiger partial charge is 0.178 e. The Morgan fingerprint density at radius 3 is 2.00 bits per heavy atom. The molecule has 1 aromatic rings. The number of hydrogen-bond donors (Lipinski definition) is 1. The highest BCUT2D eigenvalue weighted by Crippen LogP contribution is 2.13. The van der Waals surface area contributed by atoms with Crippen LogP contribution in [0, 0.1) is 0 Å². The number of benzene rings is 1. The molecule has 0 heterocycles. The van der Waals surface area contributed by atoms with E-state index in [9.17, 15) is 4.79 Å². The highest BCUT2D eigenvalue weighted by atomic mass is 16.1. The second-order valence-corrected chi connectivity index (χ2v) is 4.88. The quantitative estimate of drug-likeness (QED) is 0.563. The minimum Gasteiger partial charge on any atom is -0.323 e. The topological polar surface area (TPSA) is 55.4 Å². The van der Waals surface area contributed by atoms with Gasteiger partial charge in [0.15, 0.2) is 5.78 Å². The average Bonchev–Trinajstić information content (AvgIpc) is 2.42. The molecule has 0 saturated heterocycles. The molecule has 2 bridgehead atoms. The van der Waals surface area contributed by atoms with Gasteiger partial charge in [-0.1, -0.05) is 24.3 Å². The van der Waals surface area contributed by atoms with Crippen LogP contribution in [0.25, 0.3) is 0 Å². The van der Waals surface area contributed by atoms with Crippen LogP contribution in [0.4, 0.5) is 0 Å². The first kappa shape index (κ1) is 12.8. The number of Topliss-reactive ketones (excluding diaryl/α,β-unsaturated/α-hetero) is 1. The molecule has 2 aliphatic carbocycles.